The van der Waals surface area contributed by atoms with Gasteiger partial charge in [-0.15, -0.1) is 0 Å². The second kappa shape index (κ2) is 5.59. The second-order valence-corrected chi connectivity index (χ2v) is 5.44. The van der Waals surface area contributed by atoms with Crippen LogP contribution in [0.4, 0.5) is 0 Å². The van der Waals surface area contributed by atoms with Crippen molar-refractivity contribution in [2.24, 2.45) is 5.73 Å². The SMILES string of the molecule is N[C@@H]1CCCC[C@H]1NC(=O)c1ccc2ncccc2c1. The molecule has 0 spiro atoms. The topological polar surface area (TPSA) is 68.0 Å². The molecule has 0 saturated heterocycles. The van der Waals surface area contributed by atoms with Gasteiger partial charge in [0.2, 0.25) is 0 Å². The van der Waals surface area contributed by atoms with Crippen molar-refractivity contribution >= 4 is 16.8 Å². The highest BCUT2D eigenvalue weighted by molar-refractivity contribution is 5.98. The molecule has 20 heavy (non-hydrogen) atoms. The fourth-order valence-electron chi connectivity index (χ4n) is 2.81. The van der Waals surface area contributed by atoms with Crippen LogP contribution in [0.25, 0.3) is 10.9 Å². The Morgan fingerprint density at radius 2 is 2.10 bits per heavy atom. The molecular formula is C16H19N3O. The number of aromatic nitrogens is 1. The highest BCUT2D eigenvalue weighted by Crippen LogP contribution is 2.18. The van der Waals surface area contributed by atoms with E-state index in [4.69, 9.17) is 5.73 Å². The number of nitrogens with zero attached hydrogens (tertiary/aromatic N) is 1. The first kappa shape index (κ1) is 13.1. The maximum atomic E-state index is 12.3. The van der Waals surface area contributed by atoms with Crippen molar-refractivity contribution in [3.63, 3.8) is 0 Å². The predicted molar refractivity (Wildman–Crippen MR) is 79.4 cm³/mol. The van der Waals surface area contributed by atoms with Crippen LogP contribution in [-0.4, -0.2) is 23.0 Å². The summed E-state index contributed by atoms with van der Waals surface area (Å²) in [4.78, 5) is 16.6. The molecule has 1 aromatic heterocycles. The molecule has 2 aromatic rings. The van der Waals surface area contributed by atoms with E-state index in [1.807, 2.05) is 30.3 Å². The van der Waals surface area contributed by atoms with Gasteiger partial charge in [-0.1, -0.05) is 18.9 Å². The summed E-state index contributed by atoms with van der Waals surface area (Å²) >= 11 is 0. The van der Waals surface area contributed by atoms with Crippen LogP contribution in [0.1, 0.15) is 36.0 Å². The average molecular weight is 269 g/mol. The van der Waals surface area contributed by atoms with Crippen molar-refractivity contribution < 1.29 is 4.79 Å². The van der Waals surface area contributed by atoms with Gasteiger partial charge in [0.15, 0.2) is 0 Å². The first-order valence-corrected chi connectivity index (χ1v) is 7.15. The van der Waals surface area contributed by atoms with E-state index >= 15 is 0 Å². The van der Waals surface area contributed by atoms with E-state index < -0.39 is 0 Å². The Bertz CT molecular complexity index is 626. The number of benzene rings is 1. The number of fused-ring (bicyclic) bond motifs is 1. The number of rotatable bonds is 2. The zero-order valence-electron chi connectivity index (χ0n) is 11.4. The molecule has 0 unspecified atom stereocenters. The maximum absolute atomic E-state index is 12.3. The van der Waals surface area contributed by atoms with Crippen molar-refractivity contribution in [1.82, 2.24) is 10.3 Å². The van der Waals surface area contributed by atoms with Crippen LogP contribution in [0.2, 0.25) is 0 Å². The predicted octanol–water partition coefficient (Wildman–Crippen LogP) is 2.23. The summed E-state index contributed by atoms with van der Waals surface area (Å²) in [6, 6.07) is 9.60. The number of hydrogen-bond acceptors (Lipinski definition) is 3. The minimum atomic E-state index is -0.0434. The number of nitrogens with two attached hydrogens (primary N) is 1. The normalized spacial score (nSPS) is 22.6. The van der Waals surface area contributed by atoms with E-state index in [0.29, 0.717) is 5.56 Å². The summed E-state index contributed by atoms with van der Waals surface area (Å²) in [6.45, 7) is 0. The van der Waals surface area contributed by atoms with Crippen molar-refractivity contribution in [2.75, 3.05) is 0 Å². The molecular weight excluding hydrogens is 250 g/mol. The average Bonchev–Trinajstić information content (AvgIpc) is 2.49. The molecule has 1 aromatic carbocycles. The van der Waals surface area contributed by atoms with Gasteiger partial charge in [-0.2, -0.15) is 0 Å². The molecule has 4 heteroatoms. The van der Waals surface area contributed by atoms with Gasteiger partial charge in [0.05, 0.1) is 5.52 Å². The van der Waals surface area contributed by atoms with E-state index in [0.717, 1.165) is 36.6 Å². The standard InChI is InChI=1S/C16H19N3O/c17-13-5-1-2-6-15(13)19-16(20)12-7-8-14-11(10-12)4-3-9-18-14/h3-4,7-10,13,15H,1-2,5-6,17H2,(H,19,20)/t13-,15-/m1/s1. The lowest BCUT2D eigenvalue weighted by molar-refractivity contribution is 0.0921. The van der Waals surface area contributed by atoms with Crippen LogP contribution < -0.4 is 11.1 Å². The first-order chi connectivity index (χ1) is 9.74. The number of hydrogen-bond donors (Lipinski definition) is 2. The van der Waals surface area contributed by atoms with Gasteiger partial charge in [0.25, 0.3) is 5.91 Å². The summed E-state index contributed by atoms with van der Waals surface area (Å²) in [6.07, 6.45) is 6.02. The summed E-state index contributed by atoms with van der Waals surface area (Å²) in [5.74, 6) is -0.0434. The van der Waals surface area contributed by atoms with Crippen LogP contribution in [-0.2, 0) is 0 Å². The van der Waals surface area contributed by atoms with E-state index in [1.165, 1.54) is 0 Å². The van der Waals surface area contributed by atoms with Gasteiger partial charge in [0, 0.05) is 29.2 Å². The second-order valence-electron chi connectivity index (χ2n) is 5.44. The molecule has 1 heterocycles. The van der Waals surface area contributed by atoms with Crippen molar-refractivity contribution in [2.45, 2.75) is 37.8 Å². The Hall–Kier alpha value is -1.94. The van der Waals surface area contributed by atoms with Gasteiger partial charge in [-0.05, 0) is 37.1 Å². The first-order valence-electron chi connectivity index (χ1n) is 7.15. The number of carbonyl (C=O) groups is 1. The molecule has 0 radical (unpaired) electrons. The largest absolute Gasteiger partial charge is 0.348 e. The van der Waals surface area contributed by atoms with Crippen molar-refractivity contribution in [1.29, 1.82) is 0 Å². The van der Waals surface area contributed by atoms with Crippen LogP contribution in [0.15, 0.2) is 36.5 Å². The lowest BCUT2D eigenvalue weighted by Crippen LogP contribution is -2.49. The molecule has 0 bridgehead atoms. The lowest BCUT2D eigenvalue weighted by atomic mass is 9.91. The monoisotopic (exact) mass is 269 g/mol. The summed E-state index contributed by atoms with van der Waals surface area (Å²) in [7, 11) is 0. The Kier molecular flexibility index (Phi) is 3.65. The Morgan fingerprint density at radius 3 is 2.95 bits per heavy atom. The van der Waals surface area contributed by atoms with Crippen LogP contribution in [0.3, 0.4) is 0 Å². The van der Waals surface area contributed by atoms with Crippen LogP contribution >= 0.6 is 0 Å². The molecule has 0 aliphatic heterocycles. The molecule has 3 N–H and O–H groups in total. The van der Waals surface area contributed by atoms with E-state index in [9.17, 15) is 4.79 Å². The molecule has 1 amide bonds. The zero-order chi connectivity index (χ0) is 13.9. The molecule has 3 rings (SSSR count). The molecule has 1 fully saturated rings. The molecule has 1 saturated carbocycles. The summed E-state index contributed by atoms with van der Waals surface area (Å²) < 4.78 is 0. The third-order valence-corrected chi connectivity index (χ3v) is 4.00. The van der Waals surface area contributed by atoms with Crippen molar-refractivity contribution in [3.05, 3.63) is 42.1 Å². The minimum Gasteiger partial charge on any atom is -0.348 e. The molecule has 4 nitrogen and oxygen atoms in total. The van der Waals surface area contributed by atoms with E-state index in [-0.39, 0.29) is 18.0 Å². The summed E-state index contributed by atoms with van der Waals surface area (Å²) in [5.41, 5.74) is 7.64. The van der Waals surface area contributed by atoms with Gasteiger partial charge in [-0.25, -0.2) is 0 Å². The van der Waals surface area contributed by atoms with E-state index in [2.05, 4.69) is 10.3 Å². The third-order valence-electron chi connectivity index (χ3n) is 4.00. The third kappa shape index (κ3) is 2.65. The van der Waals surface area contributed by atoms with Crippen LogP contribution in [0, 0.1) is 0 Å². The fourth-order valence-corrected chi connectivity index (χ4v) is 2.81. The number of pyridine rings is 1. The van der Waals surface area contributed by atoms with Gasteiger partial charge in [-0.3, -0.25) is 9.78 Å². The highest BCUT2D eigenvalue weighted by atomic mass is 16.1. The Labute approximate surface area is 118 Å². The zero-order valence-corrected chi connectivity index (χ0v) is 11.4. The Balaban J connectivity index is 1.78. The lowest BCUT2D eigenvalue weighted by Gasteiger charge is -2.29. The molecule has 104 valence electrons. The number of carbonyl (C=O) groups excluding carboxylic acids is 1. The quantitative estimate of drug-likeness (QED) is 0.878. The smallest absolute Gasteiger partial charge is 0.251 e. The molecule has 1 aliphatic rings. The molecule has 1 aliphatic carbocycles. The van der Waals surface area contributed by atoms with Gasteiger partial charge < -0.3 is 11.1 Å². The highest BCUT2D eigenvalue weighted by Gasteiger charge is 2.23. The number of nitrogens with one attached hydrogen (secondary N) is 1. The summed E-state index contributed by atoms with van der Waals surface area (Å²) in [5, 5.41) is 4.04. The molecule has 2 atom stereocenters. The minimum absolute atomic E-state index is 0.0434. The number of amides is 1. The van der Waals surface area contributed by atoms with Gasteiger partial charge in [0.1, 0.15) is 0 Å². The Morgan fingerprint density at radius 1 is 1.25 bits per heavy atom. The van der Waals surface area contributed by atoms with Crippen molar-refractivity contribution in [3.8, 4) is 0 Å². The van der Waals surface area contributed by atoms with E-state index in [1.54, 1.807) is 6.20 Å². The van der Waals surface area contributed by atoms with Gasteiger partial charge >= 0.3 is 0 Å². The van der Waals surface area contributed by atoms with Crippen LogP contribution in [0.5, 0.6) is 0 Å². The fraction of sp³-hybridized carbons (Fsp3) is 0.375. The maximum Gasteiger partial charge on any atom is 0.251 e.